The molecule has 1 amide bonds. The van der Waals surface area contributed by atoms with E-state index in [2.05, 4.69) is 5.32 Å². The van der Waals surface area contributed by atoms with Crippen molar-refractivity contribution in [1.82, 2.24) is 5.32 Å². The minimum atomic E-state index is -0.0612. The monoisotopic (exact) mass is 218 g/mol. The van der Waals surface area contributed by atoms with Crippen LogP contribution in [0, 0.1) is 5.92 Å². The van der Waals surface area contributed by atoms with Gasteiger partial charge in [-0.3, -0.25) is 4.79 Å². The molecule has 0 spiro atoms. The maximum absolute atomic E-state index is 11.7. The molecule has 0 aliphatic heterocycles. The molecule has 86 valence electrons. The molecule has 2 rings (SSSR count). The molecule has 0 heterocycles. The fraction of sp³-hybridized carbons (Fsp3) is 0.462. The van der Waals surface area contributed by atoms with E-state index in [9.17, 15) is 4.79 Å². The number of nitrogens with one attached hydrogen (secondary N) is 1. The first kappa shape index (κ1) is 11.0. The Kier molecular flexibility index (Phi) is 3.44. The van der Waals surface area contributed by atoms with Crippen molar-refractivity contribution in [3.8, 4) is 0 Å². The summed E-state index contributed by atoms with van der Waals surface area (Å²) >= 11 is 0. The maximum atomic E-state index is 11.7. The molecule has 1 aromatic rings. The van der Waals surface area contributed by atoms with Crippen molar-refractivity contribution in [3.63, 3.8) is 0 Å². The van der Waals surface area contributed by atoms with E-state index in [-0.39, 0.29) is 5.91 Å². The molecule has 1 aliphatic carbocycles. The third-order valence-electron chi connectivity index (χ3n) is 2.98. The van der Waals surface area contributed by atoms with E-state index in [0.29, 0.717) is 11.3 Å². The molecule has 1 saturated carbocycles. The SMILES string of the molecule is Nc1ccccc1C(=O)NCCCC1CC1. The molecular weight excluding hydrogens is 200 g/mol. The standard InChI is InChI=1S/C13H18N2O/c14-12-6-2-1-5-11(12)13(16)15-9-3-4-10-7-8-10/h1-2,5-6,10H,3-4,7-9,14H2,(H,15,16). The lowest BCUT2D eigenvalue weighted by Gasteiger charge is -2.06. The first-order valence-electron chi connectivity index (χ1n) is 5.90. The highest BCUT2D eigenvalue weighted by molar-refractivity contribution is 5.98. The maximum Gasteiger partial charge on any atom is 0.253 e. The lowest BCUT2D eigenvalue weighted by molar-refractivity contribution is 0.0953. The summed E-state index contributed by atoms with van der Waals surface area (Å²) in [4.78, 5) is 11.7. The van der Waals surface area contributed by atoms with Gasteiger partial charge in [-0.1, -0.05) is 25.0 Å². The van der Waals surface area contributed by atoms with Gasteiger partial charge in [-0.25, -0.2) is 0 Å². The average molecular weight is 218 g/mol. The summed E-state index contributed by atoms with van der Waals surface area (Å²) in [5.41, 5.74) is 6.84. The second kappa shape index (κ2) is 5.01. The van der Waals surface area contributed by atoms with E-state index < -0.39 is 0 Å². The quantitative estimate of drug-likeness (QED) is 0.588. The third-order valence-corrected chi connectivity index (χ3v) is 2.98. The first-order valence-corrected chi connectivity index (χ1v) is 5.90. The first-order chi connectivity index (χ1) is 7.77. The van der Waals surface area contributed by atoms with Crippen LogP contribution in [0.3, 0.4) is 0 Å². The van der Waals surface area contributed by atoms with Gasteiger partial charge in [-0.05, 0) is 30.9 Å². The normalized spacial score (nSPS) is 14.8. The van der Waals surface area contributed by atoms with Crippen molar-refractivity contribution in [3.05, 3.63) is 29.8 Å². The number of hydrogen-bond donors (Lipinski definition) is 2. The molecule has 0 saturated heterocycles. The molecule has 0 unspecified atom stereocenters. The zero-order valence-electron chi connectivity index (χ0n) is 9.41. The number of nitrogen functional groups attached to an aromatic ring is 1. The van der Waals surface area contributed by atoms with Gasteiger partial charge in [0.2, 0.25) is 0 Å². The number of para-hydroxylation sites is 1. The summed E-state index contributed by atoms with van der Waals surface area (Å²) in [5.74, 6) is 0.868. The lowest BCUT2D eigenvalue weighted by atomic mass is 10.1. The summed E-state index contributed by atoms with van der Waals surface area (Å²) < 4.78 is 0. The second-order valence-electron chi connectivity index (χ2n) is 4.43. The number of benzene rings is 1. The van der Waals surface area contributed by atoms with Crippen molar-refractivity contribution in [1.29, 1.82) is 0 Å². The zero-order valence-corrected chi connectivity index (χ0v) is 9.41. The Labute approximate surface area is 96.0 Å². The fourth-order valence-electron chi connectivity index (χ4n) is 1.80. The van der Waals surface area contributed by atoms with E-state index >= 15 is 0 Å². The van der Waals surface area contributed by atoms with Gasteiger partial charge in [0, 0.05) is 12.2 Å². The topological polar surface area (TPSA) is 55.1 Å². The summed E-state index contributed by atoms with van der Waals surface area (Å²) in [6.07, 6.45) is 5.06. The largest absolute Gasteiger partial charge is 0.398 e. The van der Waals surface area contributed by atoms with Gasteiger partial charge in [0.1, 0.15) is 0 Å². The van der Waals surface area contributed by atoms with Crippen LogP contribution in [0.4, 0.5) is 5.69 Å². The van der Waals surface area contributed by atoms with Crippen molar-refractivity contribution in [2.75, 3.05) is 12.3 Å². The Morgan fingerprint density at radius 3 is 2.81 bits per heavy atom. The van der Waals surface area contributed by atoms with Crippen LogP contribution < -0.4 is 11.1 Å². The lowest BCUT2D eigenvalue weighted by Crippen LogP contribution is -2.25. The highest BCUT2D eigenvalue weighted by atomic mass is 16.1. The van der Waals surface area contributed by atoms with Crippen LogP contribution in [0.15, 0.2) is 24.3 Å². The molecular formula is C13H18N2O. The number of rotatable bonds is 5. The van der Waals surface area contributed by atoms with Gasteiger partial charge in [-0.15, -0.1) is 0 Å². The number of hydrogen-bond acceptors (Lipinski definition) is 2. The third kappa shape index (κ3) is 2.99. The molecule has 3 N–H and O–H groups in total. The van der Waals surface area contributed by atoms with Crippen molar-refractivity contribution < 1.29 is 4.79 Å². The molecule has 3 nitrogen and oxygen atoms in total. The molecule has 16 heavy (non-hydrogen) atoms. The number of nitrogens with two attached hydrogens (primary N) is 1. The molecule has 0 atom stereocenters. The molecule has 3 heteroatoms. The van der Waals surface area contributed by atoms with E-state index in [1.165, 1.54) is 19.3 Å². The van der Waals surface area contributed by atoms with Crippen LogP contribution in [0.25, 0.3) is 0 Å². The Balaban J connectivity index is 1.76. The average Bonchev–Trinajstić information content (AvgIpc) is 3.08. The minimum Gasteiger partial charge on any atom is -0.398 e. The number of anilines is 1. The molecule has 1 aromatic carbocycles. The van der Waals surface area contributed by atoms with Gasteiger partial charge < -0.3 is 11.1 Å². The van der Waals surface area contributed by atoms with Gasteiger partial charge >= 0.3 is 0 Å². The molecule has 1 aliphatic rings. The second-order valence-corrected chi connectivity index (χ2v) is 4.43. The Bertz CT molecular complexity index is 372. The Morgan fingerprint density at radius 1 is 1.38 bits per heavy atom. The van der Waals surface area contributed by atoms with Gasteiger partial charge in [-0.2, -0.15) is 0 Å². The summed E-state index contributed by atoms with van der Waals surface area (Å²) in [6.45, 7) is 0.754. The van der Waals surface area contributed by atoms with Crippen LogP contribution in [-0.4, -0.2) is 12.5 Å². The zero-order chi connectivity index (χ0) is 11.4. The van der Waals surface area contributed by atoms with Crippen LogP contribution in [0.1, 0.15) is 36.0 Å². The van der Waals surface area contributed by atoms with E-state index in [1.54, 1.807) is 12.1 Å². The minimum absolute atomic E-state index is 0.0612. The molecule has 1 fully saturated rings. The van der Waals surface area contributed by atoms with Crippen LogP contribution >= 0.6 is 0 Å². The molecule has 0 radical (unpaired) electrons. The summed E-state index contributed by atoms with van der Waals surface area (Å²) in [7, 11) is 0. The molecule has 0 bridgehead atoms. The highest BCUT2D eigenvalue weighted by Crippen LogP contribution is 2.33. The van der Waals surface area contributed by atoms with Crippen LogP contribution in [0.5, 0.6) is 0 Å². The van der Waals surface area contributed by atoms with E-state index in [1.807, 2.05) is 12.1 Å². The van der Waals surface area contributed by atoms with Gasteiger partial charge in [0.25, 0.3) is 5.91 Å². The number of amides is 1. The van der Waals surface area contributed by atoms with Crippen molar-refractivity contribution in [2.24, 2.45) is 5.92 Å². The fourth-order valence-corrected chi connectivity index (χ4v) is 1.80. The van der Waals surface area contributed by atoms with E-state index in [0.717, 1.165) is 18.9 Å². The van der Waals surface area contributed by atoms with E-state index in [4.69, 9.17) is 5.73 Å². The predicted molar refractivity (Wildman–Crippen MR) is 65.1 cm³/mol. The van der Waals surface area contributed by atoms with Gasteiger partial charge in [0.05, 0.1) is 5.56 Å². The number of carbonyl (C=O) groups is 1. The number of carbonyl (C=O) groups excluding carboxylic acids is 1. The van der Waals surface area contributed by atoms with Crippen molar-refractivity contribution >= 4 is 11.6 Å². The van der Waals surface area contributed by atoms with Crippen LogP contribution in [0.2, 0.25) is 0 Å². The van der Waals surface area contributed by atoms with Crippen molar-refractivity contribution in [2.45, 2.75) is 25.7 Å². The Morgan fingerprint density at radius 2 is 2.12 bits per heavy atom. The van der Waals surface area contributed by atoms with Gasteiger partial charge in [0.15, 0.2) is 0 Å². The summed E-state index contributed by atoms with van der Waals surface area (Å²) in [5, 5.41) is 2.90. The van der Waals surface area contributed by atoms with Crippen LogP contribution in [-0.2, 0) is 0 Å². The molecule has 0 aromatic heterocycles. The highest BCUT2D eigenvalue weighted by Gasteiger charge is 2.20. The Hall–Kier alpha value is -1.51. The predicted octanol–water partition coefficient (Wildman–Crippen LogP) is 2.19. The smallest absolute Gasteiger partial charge is 0.253 e. The summed E-state index contributed by atoms with van der Waals surface area (Å²) in [6, 6.07) is 7.17.